The van der Waals surface area contributed by atoms with Crippen LogP contribution in [0.4, 0.5) is 4.79 Å². The highest BCUT2D eigenvalue weighted by atomic mass is 16.6. The summed E-state index contributed by atoms with van der Waals surface area (Å²) in [5, 5.41) is 0. The van der Waals surface area contributed by atoms with Gasteiger partial charge in [0.05, 0.1) is 0 Å². The smallest absolute Gasteiger partial charge is 0.404 e. The van der Waals surface area contributed by atoms with E-state index in [1.165, 1.54) is 38.5 Å². The van der Waals surface area contributed by atoms with Crippen molar-refractivity contribution in [2.45, 2.75) is 51.0 Å². The van der Waals surface area contributed by atoms with Gasteiger partial charge in [-0.2, -0.15) is 0 Å². The van der Waals surface area contributed by atoms with Crippen molar-refractivity contribution in [3.63, 3.8) is 0 Å². The molecule has 2 fully saturated rings. The topological polar surface area (TPSA) is 52.3 Å². The molecule has 0 aliphatic heterocycles. The maximum absolute atomic E-state index is 10.7. The third-order valence-corrected chi connectivity index (χ3v) is 3.78. The first kappa shape index (κ1) is 9.81. The standard InChI is InChI=1S/C11H19NO2/c12-11(13)14-10-7-3-5-8-4-1-2-6-9(8)10/h8-10H,1-7H2,(H2,12,13). The molecule has 3 heteroatoms. The molecular formula is C11H19NO2. The van der Waals surface area contributed by atoms with Gasteiger partial charge in [-0.1, -0.05) is 19.3 Å². The Morgan fingerprint density at radius 2 is 1.79 bits per heavy atom. The van der Waals surface area contributed by atoms with E-state index < -0.39 is 6.09 Å². The molecule has 2 N–H and O–H groups in total. The van der Waals surface area contributed by atoms with E-state index in [1.54, 1.807) is 0 Å². The van der Waals surface area contributed by atoms with Crippen molar-refractivity contribution in [1.82, 2.24) is 0 Å². The van der Waals surface area contributed by atoms with Crippen molar-refractivity contribution in [2.75, 3.05) is 0 Å². The first-order valence-corrected chi connectivity index (χ1v) is 5.73. The molecule has 0 bridgehead atoms. The van der Waals surface area contributed by atoms with E-state index in [0.717, 1.165) is 12.3 Å². The summed E-state index contributed by atoms with van der Waals surface area (Å²) in [4.78, 5) is 10.7. The van der Waals surface area contributed by atoms with Crippen molar-refractivity contribution in [3.05, 3.63) is 0 Å². The fourth-order valence-corrected chi connectivity index (χ4v) is 3.18. The first-order chi connectivity index (χ1) is 6.77. The lowest BCUT2D eigenvalue weighted by Crippen LogP contribution is -2.38. The lowest BCUT2D eigenvalue weighted by atomic mass is 9.69. The predicted molar refractivity (Wildman–Crippen MR) is 53.8 cm³/mol. The number of rotatable bonds is 1. The number of ether oxygens (including phenoxy) is 1. The minimum absolute atomic E-state index is 0.117. The Morgan fingerprint density at radius 1 is 1.07 bits per heavy atom. The summed E-state index contributed by atoms with van der Waals surface area (Å²) in [7, 11) is 0. The molecule has 2 aliphatic rings. The molecule has 3 unspecified atom stereocenters. The van der Waals surface area contributed by atoms with Crippen molar-refractivity contribution < 1.29 is 9.53 Å². The molecular weight excluding hydrogens is 178 g/mol. The molecule has 0 saturated heterocycles. The van der Waals surface area contributed by atoms with Gasteiger partial charge >= 0.3 is 6.09 Å². The Hall–Kier alpha value is -0.730. The maximum Gasteiger partial charge on any atom is 0.404 e. The van der Waals surface area contributed by atoms with Crippen LogP contribution in [0.2, 0.25) is 0 Å². The van der Waals surface area contributed by atoms with Gasteiger partial charge in [-0.05, 0) is 37.5 Å². The Morgan fingerprint density at radius 3 is 2.57 bits per heavy atom. The number of amides is 1. The molecule has 2 rings (SSSR count). The van der Waals surface area contributed by atoms with Crippen LogP contribution in [0.3, 0.4) is 0 Å². The Bertz CT molecular complexity index is 215. The van der Waals surface area contributed by atoms with Crippen LogP contribution in [0.1, 0.15) is 44.9 Å². The average molecular weight is 197 g/mol. The predicted octanol–water partition coefficient (Wildman–Crippen LogP) is 2.44. The molecule has 2 saturated carbocycles. The summed E-state index contributed by atoms with van der Waals surface area (Å²) in [5.41, 5.74) is 5.08. The van der Waals surface area contributed by atoms with Crippen LogP contribution in [-0.2, 0) is 4.74 Å². The van der Waals surface area contributed by atoms with E-state index in [4.69, 9.17) is 10.5 Å². The van der Waals surface area contributed by atoms with Gasteiger partial charge in [-0.3, -0.25) is 0 Å². The zero-order valence-electron chi connectivity index (χ0n) is 8.58. The quantitative estimate of drug-likeness (QED) is 0.702. The molecule has 0 aromatic heterocycles. The molecule has 80 valence electrons. The average Bonchev–Trinajstić information content (AvgIpc) is 2.18. The summed E-state index contributed by atoms with van der Waals surface area (Å²) in [6.45, 7) is 0. The van der Waals surface area contributed by atoms with Crippen molar-refractivity contribution in [3.8, 4) is 0 Å². The zero-order chi connectivity index (χ0) is 9.97. The molecule has 0 heterocycles. The summed E-state index contributed by atoms with van der Waals surface area (Å²) in [6, 6.07) is 0. The van der Waals surface area contributed by atoms with Crippen LogP contribution < -0.4 is 5.73 Å². The van der Waals surface area contributed by atoms with Crippen molar-refractivity contribution in [2.24, 2.45) is 17.6 Å². The van der Waals surface area contributed by atoms with Gasteiger partial charge in [0, 0.05) is 0 Å². The molecule has 0 aromatic carbocycles. The molecule has 2 aliphatic carbocycles. The minimum atomic E-state index is -0.596. The second-order valence-electron chi connectivity index (χ2n) is 4.61. The SMILES string of the molecule is NC(=O)OC1CCCC2CCCCC21. The Balaban J connectivity index is 1.97. The summed E-state index contributed by atoms with van der Waals surface area (Å²) >= 11 is 0. The summed E-state index contributed by atoms with van der Waals surface area (Å²) in [5.74, 6) is 1.40. The molecule has 14 heavy (non-hydrogen) atoms. The van der Waals surface area contributed by atoms with Gasteiger partial charge in [0.25, 0.3) is 0 Å². The van der Waals surface area contributed by atoms with Gasteiger partial charge in [-0.25, -0.2) is 4.79 Å². The third-order valence-electron chi connectivity index (χ3n) is 3.78. The van der Waals surface area contributed by atoms with E-state index in [1.807, 2.05) is 0 Å². The second kappa shape index (κ2) is 4.20. The first-order valence-electron chi connectivity index (χ1n) is 5.73. The lowest BCUT2D eigenvalue weighted by Gasteiger charge is -2.40. The van der Waals surface area contributed by atoms with Crippen molar-refractivity contribution in [1.29, 1.82) is 0 Å². The van der Waals surface area contributed by atoms with Gasteiger partial charge in [0.1, 0.15) is 6.10 Å². The van der Waals surface area contributed by atoms with Crippen LogP contribution in [0.5, 0.6) is 0 Å². The number of hydrogen-bond acceptors (Lipinski definition) is 2. The molecule has 3 nitrogen and oxygen atoms in total. The number of carbonyl (C=O) groups excluding carboxylic acids is 1. The Kier molecular flexibility index (Phi) is 2.94. The second-order valence-corrected chi connectivity index (χ2v) is 4.61. The van der Waals surface area contributed by atoms with Gasteiger partial charge < -0.3 is 10.5 Å². The number of primary amides is 1. The van der Waals surface area contributed by atoms with E-state index in [0.29, 0.717) is 5.92 Å². The Labute approximate surface area is 85.0 Å². The largest absolute Gasteiger partial charge is 0.446 e. The number of hydrogen-bond donors (Lipinski definition) is 1. The van der Waals surface area contributed by atoms with Crippen LogP contribution in [0, 0.1) is 11.8 Å². The van der Waals surface area contributed by atoms with E-state index in [2.05, 4.69) is 0 Å². The normalized spacial score (nSPS) is 37.3. The molecule has 0 spiro atoms. The van der Waals surface area contributed by atoms with Gasteiger partial charge in [0.2, 0.25) is 0 Å². The highest BCUT2D eigenvalue weighted by Crippen LogP contribution is 2.41. The molecule has 0 radical (unpaired) electrons. The molecule has 1 amide bonds. The van der Waals surface area contributed by atoms with Crippen LogP contribution in [-0.4, -0.2) is 12.2 Å². The molecule has 3 atom stereocenters. The monoisotopic (exact) mass is 197 g/mol. The van der Waals surface area contributed by atoms with Crippen molar-refractivity contribution >= 4 is 6.09 Å². The fraction of sp³-hybridized carbons (Fsp3) is 0.909. The zero-order valence-corrected chi connectivity index (χ0v) is 8.58. The summed E-state index contributed by atoms with van der Waals surface area (Å²) in [6.07, 6.45) is 8.25. The highest BCUT2D eigenvalue weighted by Gasteiger charge is 2.36. The van der Waals surface area contributed by atoms with E-state index in [9.17, 15) is 4.79 Å². The number of nitrogens with two attached hydrogens (primary N) is 1. The van der Waals surface area contributed by atoms with Crippen LogP contribution >= 0.6 is 0 Å². The highest BCUT2D eigenvalue weighted by molar-refractivity contribution is 5.64. The molecule has 0 aromatic rings. The lowest BCUT2D eigenvalue weighted by molar-refractivity contribution is -0.00199. The van der Waals surface area contributed by atoms with Gasteiger partial charge in [-0.15, -0.1) is 0 Å². The number of carbonyl (C=O) groups is 1. The third kappa shape index (κ3) is 2.02. The van der Waals surface area contributed by atoms with Crippen LogP contribution in [0.15, 0.2) is 0 Å². The van der Waals surface area contributed by atoms with Crippen LogP contribution in [0.25, 0.3) is 0 Å². The maximum atomic E-state index is 10.7. The van der Waals surface area contributed by atoms with E-state index in [-0.39, 0.29) is 6.10 Å². The number of fused-ring (bicyclic) bond motifs is 1. The fourth-order valence-electron chi connectivity index (χ4n) is 3.18. The van der Waals surface area contributed by atoms with E-state index >= 15 is 0 Å². The van der Waals surface area contributed by atoms with Gasteiger partial charge in [0.15, 0.2) is 0 Å². The summed E-state index contributed by atoms with van der Waals surface area (Å²) < 4.78 is 5.20. The minimum Gasteiger partial charge on any atom is -0.446 e.